The molecule has 1 aliphatic heterocycles. The monoisotopic (exact) mass is 379 g/mol. The van der Waals surface area contributed by atoms with E-state index < -0.39 is 0 Å². The fourth-order valence-electron chi connectivity index (χ4n) is 3.53. The van der Waals surface area contributed by atoms with E-state index in [2.05, 4.69) is 39.4 Å². The lowest BCUT2D eigenvalue weighted by Crippen LogP contribution is -2.49. The van der Waals surface area contributed by atoms with Crippen LogP contribution in [-0.2, 0) is 6.54 Å². The van der Waals surface area contributed by atoms with E-state index in [1.54, 1.807) is 12.1 Å². The van der Waals surface area contributed by atoms with E-state index in [0.717, 1.165) is 49.1 Å². The summed E-state index contributed by atoms with van der Waals surface area (Å²) >= 11 is 5.65. The maximum absolute atomic E-state index is 13.4. The van der Waals surface area contributed by atoms with Crippen LogP contribution in [0.3, 0.4) is 0 Å². The molecule has 27 heavy (non-hydrogen) atoms. The summed E-state index contributed by atoms with van der Waals surface area (Å²) in [7, 11) is 0. The molecule has 0 radical (unpaired) electrons. The second-order valence-electron chi connectivity index (χ2n) is 6.85. The first kappa shape index (κ1) is 17.9. The zero-order chi connectivity index (χ0) is 18.6. The Morgan fingerprint density at radius 2 is 1.67 bits per heavy atom. The van der Waals surface area contributed by atoms with E-state index in [0.29, 0.717) is 0 Å². The molecule has 0 saturated carbocycles. The number of rotatable bonds is 3. The number of hydrogen-bond donors (Lipinski definition) is 1. The molecule has 3 nitrogen and oxygen atoms in total. The molecule has 138 valence electrons. The van der Waals surface area contributed by atoms with E-state index >= 15 is 0 Å². The molecular weight excluding hydrogens is 357 g/mol. The van der Waals surface area contributed by atoms with Gasteiger partial charge in [0.25, 0.3) is 0 Å². The molecule has 0 aliphatic carbocycles. The zero-order valence-electron chi connectivity index (χ0n) is 15.1. The van der Waals surface area contributed by atoms with Crippen molar-refractivity contribution in [1.82, 2.24) is 9.80 Å². The molecule has 4 rings (SSSR count). The third kappa shape index (κ3) is 4.26. The molecular formula is C22H22FN3S. The first-order valence-corrected chi connectivity index (χ1v) is 9.60. The van der Waals surface area contributed by atoms with Gasteiger partial charge < -0.3 is 10.2 Å². The molecule has 5 heteroatoms. The van der Waals surface area contributed by atoms with Gasteiger partial charge in [-0.2, -0.15) is 0 Å². The van der Waals surface area contributed by atoms with Gasteiger partial charge in [-0.3, -0.25) is 4.90 Å². The van der Waals surface area contributed by atoms with Crippen molar-refractivity contribution in [2.24, 2.45) is 0 Å². The van der Waals surface area contributed by atoms with Crippen LogP contribution in [0.1, 0.15) is 5.56 Å². The van der Waals surface area contributed by atoms with E-state index in [1.807, 2.05) is 24.3 Å². The molecule has 1 fully saturated rings. The lowest BCUT2D eigenvalue weighted by Gasteiger charge is -2.36. The van der Waals surface area contributed by atoms with Crippen molar-refractivity contribution in [3.63, 3.8) is 0 Å². The number of halogens is 1. The van der Waals surface area contributed by atoms with Gasteiger partial charge in [-0.1, -0.05) is 48.5 Å². The minimum atomic E-state index is -0.174. The summed E-state index contributed by atoms with van der Waals surface area (Å²) in [6, 6.07) is 21.4. The molecule has 0 spiro atoms. The minimum absolute atomic E-state index is 0.174. The van der Waals surface area contributed by atoms with Crippen LogP contribution in [0.5, 0.6) is 0 Å². The van der Waals surface area contributed by atoms with Crippen molar-refractivity contribution < 1.29 is 4.39 Å². The van der Waals surface area contributed by atoms with Crippen LogP contribution in [0.15, 0.2) is 66.7 Å². The van der Waals surface area contributed by atoms with Gasteiger partial charge in [0.15, 0.2) is 5.11 Å². The highest BCUT2D eigenvalue weighted by molar-refractivity contribution is 7.80. The van der Waals surface area contributed by atoms with Crippen molar-refractivity contribution in [1.29, 1.82) is 0 Å². The number of fused-ring (bicyclic) bond motifs is 1. The summed E-state index contributed by atoms with van der Waals surface area (Å²) in [5.74, 6) is -0.174. The lowest BCUT2D eigenvalue weighted by atomic mass is 10.1. The Morgan fingerprint density at radius 3 is 2.48 bits per heavy atom. The highest BCUT2D eigenvalue weighted by Gasteiger charge is 2.19. The number of piperazine rings is 1. The molecule has 0 unspecified atom stereocenters. The lowest BCUT2D eigenvalue weighted by molar-refractivity contribution is 0.177. The first-order valence-electron chi connectivity index (χ1n) is 9.19. The molecule has 1 saturated heterocycles. The van der Waals surface area contributed by atoms with Gasteiger partial charge in [-0.15, -0.1) is 0 Å². The Hall–Kier alpha value is -2.50. The second kappa shape index (κ2) is 8.03. The Kier molecular flexibility index (Phi) is 5.32. The SMILES string of the molecule is Fc1cccc(CN2CCN(C(=S)Nc3cccc4ccccc34)CC2)c1. The van der Waals surface area contributed by atoms with Crippen molar-refractivity contribution in [2.45, 2.75) is 6.54 Å². The van der Waals surface area contributed by atoms with Crippen molar-refractivity contribution >= 4 is 33.8 Å². The molecule has 0 amide bonds. The largest absolute Gasteiger partial charge is 0.346 e. The Labute approximate surface area is 164 Å². The maximum atomic E-state index is 13.4. The van der Waals surface area contributed by atoms with Crippen LogP contribution in [0.4, 0.5) is 10.1 Å². The van der Waals surface area contributed by atoms with Crippen LogP contribution in [0.2, 0.25) is 0 Å². The first-order chi connectivity index (χ1) is 13.2. The van der Waals surface area contributed by atoms with Crippen LogP contribution in [-0.4, -0.2) is 41.1 Å². The quantitative estimate of drug-likeness (QED) is 0.676. The highest BCUT2D eigenvalue weighted by atomic mass is 32.1. The molecule has 1 heterocycles. The molecule has 3 aromatic carbocycles. The summed E-state index contributed by atoms with van der Waals surface area (Å²) < 4.78 is 13.4. The molecule has 0 bridgehead atoms. The number of nitrogens with one attached hydrogen (secondary N) is 1. The van der Waals surface area contributed by atoms with Crippen LogP contribution in [0, 0.1) is 5.82 Å². The van der Waals surface area contributed by atoms with Gasteiger partial charge >= 0.3 is 0 Å². The molecule has 1 N–H and O–H groups in total. The predicted octanol–water partition coefficient (Wildman–Crippen LogP) is 4.49. The number of thiocarbonyl (C=S) groups is 1. The molecule has 0 atom stereocenters. The third-order valence-corrected chi connectivity index (χ3v) is 5.35. The zero-order valence-corrected chi connectivity index (χ0v) is 15.9. The van der Waals surface area contributed by atoms with Gasteiger partial charge in [0.2, 0.25) is 0 Å². The van der Waals surface area contributed by atoms with Crippen LogP contribution < -0.4 is 5.32 Å². The summed E-state index contributed by atoms with van der Waals surface area (Å²) in [5.41, 5.74) is 2.06. The molecule has 0 aromatic heterocycles. The van der Waals surface area contributed by atoms with Crippen molar-refractivity contribution in [2.75, 3.05) is 31.5 Å². The Bertz CT molecular complexity index is 946. The van der Waals surface area contributed by atoms with E-state index in [9.17, 15) is 4.39 Å². The second-order valence-corrected chi connectivity index (χ2v) is 7.24. The Balaban J connectivity index is 1.36. The minimum Gasteiger partial charge on any atom is -0.346 e. The average Bonchev–Trinajstić information content (AvgIpc) is 2.69. The molecule has 1 aliphatic rings. The van der Waals surface area contributed by atoms with Gasteiger partial charge in [0, 0.05) is 43.8 Å². The highest BCUT2D eigenvalue weighted by Crippen LogP contribution is 2.23. The number of hydrogen-bond acceptors (Lipinski definition) is 2. The van der Waals surface area contributed by atoms with Gasteiger partial charge in [0.05, 0.1) is 0 Å². The number of anilines is 1. The smallest absolute Gasteiger partial charge is 0.173 e. The fourth-order valence-corrected chi connectivity index (χ4v) is 3.82. The van der Waals surface area contributed by atoms with E-state index in [-0.39, 0.29) is 5.82 Å². The van der Waals surface area contributed by atoms with E-state index in [1.165, 1.54) is 16.8 Å². The average molecular weight is 380 g/mol. The number of nitrogens with zero attached hydrogens (tertiary/aromatic N) is 2. The number of benzene rings is 3. The maximum Gasteiger partial charge on any atom is 0.173 e. The van der Waals surface area contributed by atoms with Crippen molar-refractivity contribution in [3.8, 4) is 0 Å². The van der Waals surface area contributed by atoms with Gasteiger partial charge in [-0.25, -0.2) is 4.39 Å². The fraction of sp³-hybridized carbons (Fsp3) is 0.227. The van der Waals surface area contributed by atoms with E-state index in [4.69, 9.17) is 12.2 Å². The summed E-state index contributed by atoms with van der Waals surface area (Å²) in [5, 5.41) is 6.55. The summed E-state index contributed by atoms with van der Waals surface area (Å²) in [4.78, 5) is 4.55. The standard InChI is InChI=1S/C22H22FN3S/c23-19-8-3-5-17(15-19)16-25-11-13-26(14-12-25)22(27)24-21-10-4-7-18-6-1-2-9-20(18)21/h1-10,15H,11-14,16H2,(H,24,27). The topological polar surface area (TPSA) is 18.5 Å². The van der Waals surface area contributed by atoms with Crippen LogP contribution in [0.25, 0.3) is 10.8 Å². The predicted molar refractivity (Wildman–Crippen MR) is 113 cm³/mol. The van der Waals surface area contributed by atoms with Crippen molar-refractivity contribution in [3.05, 3.63) is 78.1 Å². The van der Waals surface area contributed by atoms with Crippen LogP contribution >= 0.6 is 12.2 Å². The third-order valence-electron chi connectivity index (χ3n) is 4.99. The summed E-state index contributed by atoms with van der Waals surface area (Å²) in [6.45, 7) is 4.33. The van der Waals surface area contributed by atoms with Gasteiger partial charge in [0.1, 0.15) is 5.82 Å². The normalized spacial score (nSPS) is 15.1. The van der Waals surface area contributed by atoms with Gasteiger partial charge in [-0.05, 0) is 41.4 Å². The Morgan fingerprint density at radius 1 is 0.926 bits per heavy atom. The molecule has 3 aromatic rings. The summed E-state index contributed by atoms with van der Waals surface area (Å²) in [6.07, 6.45) is 0.